The van der Waals surface area contributed by atoms with Gasteiger partial charge >= 0.3 is 5.97 Å². The van der Waals surface area contributed by atoms with E-state index in [2.05, 4.69) is 5.32 Å². The minimum absolute atomic E-state index is 0.0220. The van der Waals surface area contributed by atoms with Crippen molar-refractivity contribution in [1.29, 1.82) is 0 Å². The van der Waals surface area contributed by atoms with Crippen LogP contribution < -0.4 is 15.0 Å². The number of ether oxygens (including phenoxy) is 1. The summed E-state index contributed by atoms with van der Waals surface area (Å²) in [5.41, 5.74) is 1.00. The van der Waals surface area contributed by atoms with Gasteiger partial charge in [-0.2, -0.15) is 0 Å². The summed E-state index contributed by atoms with van der Waals surface area (Å²) in [5.74, 6) is -2.66. The van der Waals surface area contributed by atoms with Gasteiger partial charge in [0.2, 0.25) is 5.91 Å². The molecule has 3 rings (SSSR count). The van der Waals surface area contributed by atoms with Gasteiger partial charge in [0.05, 0.1) is 7.11 Å². The second-order valence-electron chi connectivity index (χ2n) is 6.33. The fourth-order valence-corrected chi connectivity index (χ4v) is 3.08. The van der Waals surface area contributed by atoms with Crippen LogP contribution in [-0.2, 0) is 9.59 Å². The van der Waals surface area contributed by atoms with Crippen LogP contribution in [0.1, 0.15) is 34.8 Å². The van der Waals surface area contributed by atoms with Crippen LogP contribution in [-0.4, -0.2) is 36.5 Å². The van der Waals surface area contributed by atoms with Crippen molar-refractivity contribution in [3.8, 4) is 5.75 Å². The molecule has 146 valence electrons. The number of aliphatic carboxylic acids is 1. The van der Waals surface area contributed by atoms with Gasteiger partial charge in [-0.25, -0.2) is 9.18 Å². The van der Waals surface area contributed by atoms with E-state index in [1.54, 1.807) is 17.0 Å². The summed E-state index contributed by atoms with van der Waals surface area (Å²) in [6.45, 7) is 0.633. The SMILES string of the molecule is COc1ccc(C(NC(=O)c2ccc(N3CCCC3=O)cc2)C(=O)O)cc1F. The number of nitrogens with one attached hydrogen (secondary N) is 1. The number of nitrogens with zero attached hydrogens (tertiary/aromatic N) is 1. The standard InChI is InChI=1S/C20H19FN2O5/c1-28-16-9-6-13(11-15(16)21)18(20(26)27)22-19(25)12-4-7-14(8-5-12)23-10-2-3-17(23)24/h4-9,11,18H,2-3,10H2,1H3,(H,22,25)(H,26,27). The maximum absolute atomic E-state index is 13.9. The fourth-order valence-electron chi connectivity index (χ4n) is 3.08. The Morgan fingerprint density at radius 3 is 2.46 bits per heavy atom. The largest absolute Gasteiger partial charge is 0.494 e. The van der Waals surface area contributed by atoms with Crippen molar-refractivity contribution in [3.63, 3.8) is 0 Å². The molecule has 7 nitrogen and oxygen atoms in total. The number of anilines is 1. The monoisotopic (exact) mass is 386 g/mol. The molecule has 0 aliphatic carbocycles. The summed E-state index contributed by atoms with van der Waals surface area (Å²) in [5, 5.41) is 11.8. The van der Waals surface area contributed by atoms with Crippen LogP contribution in [0, 0.1) is 5.82 Å². The zero-order valence-corrected chi connectivity index (χ0v) is 15.1. The zero-order chi connectivity index (χ0) is 20.3. The number of methoxy groups -OCH3 is 1. The van der Waals surface area contributed by atoms with Gasteiger partial charge in [0.25, 0.3) is 5.91 Å². The van der Waals surface area contributed by atoms with E-state index in [-0.39, 0.29) is 22.8 Å². The Morgan fingerprint density at radius 2 is 1.93 bits per heavy atom. The number of carbonyl (C=O) groups excluding carboxylic acids is 2. The highest BCUT2D eigenvalue weighted by Crippen LogP contribution is 2.24. The Balaban J connectivity index is 1.76. The second-order valence-corrected chi connectivity index (χ2v) is 6.33. The lowest BCUT2D eigenvalue weighted by Crippen LogP contribution is -2.33. The van der Waals surface area contributed by atoms with Crippen molar-refractivity contribution >= 4 is 23.5 Å². The van der Waals surface area contributed by atoms with Crippen molar-refractivity contribution in [2.24, 2.45) is 0 Å². The smallest absolute Gasteiger partial charge is 0.330 e. The molecule has 1 atom stereocenters. The van der Waals surface area contributed by atoms with Gasteiger partial charge in [0.15, 0.2) is 17.6 Å². The van der Waals surface area contributed by atoms with Crippen molar-refractivity contribution < 1.29 is 28.6 Å². The maximum Gasteiger partial charge on any atom is 0.330 e. The molecule has 0 bridgehead atoms. The molecule has 1 saturated heterocycles. The third-order valence-corrected chi connectivity index (χ3v) is 4.55. The molecule has 0 aromatic heterocycles. The van der Waals surface area contributed by atoms with Crippen molar-refractivity contribution in [1.82, 2.24) is 5.32 Å². The molecule has 2 aromatic carbocycles. The predicted molar refractivity (Wildman–Crippen MR) is 98.8 cm³/mol. The molecule has 1 fully saturated rings. The van der Waals surface area contributed by atoms with Gasteiger partial charge in [0, 0.05) is 24.2 Å². The summed E-state index contributed by atoms with van der Waals surface area (Å²) >= 11 is 0. The summed E-state index contributed by atoms with van der Waals surface area (Å²) < 4.78 is 18.7. The highest BCUT2D eigenvalue weighted by Gasteiger charge is 2.25. The second kappa shape index (κ2) is 8.08. The number of benzene rings is 2. The highest BCUT2D eigenvalue weighted by atomic mass is 19.1. The number of amides is 2. The first-order valence-electron chi connectivity index (χ1n) is 8.68. The molecule has 8 heteroatoms. The van der Waals surface area contributed by atoms with Crippen LogP contribution in [0.4, 0.5) is 10.1 Å². The number of hydrogen-bond donors (Lipinski definition) is 2. The molecule has 1 aliphatic heterocycles. The quantitative estimate of drug-likeness (QED) is 0.795. The minimum atomic E-state index is -1.42. The number of carboxylic acids is 1. The van der Waals surface area contributed by atoms with Gasteiger partial charge in [-0.3, -0.25) is 9.59 Å². The van der Waals surface area contributed by atoms with E-state index in [1.807, 2.05) is 0 Å². The lowest BCUT2D eigenvalue weighted by Gasteiger charge is -2.17. The van der Waals surface area contributed by atoms with E-state index in [4.69, 9.17) is 4.74 Å². The number of rotatable bonds is 6. The van der Waals surface area contributed by atoms with Crippen LogP contribution >= 0.6 is 0 Å². The molecule has 1 aliphatic rings. The lowest BCUT2D eigenvalue weighted by atomic mass is 10.1. The average molecular weight is 386 g/mol. The first-order valence-corrected chi connectivity index (χ1v) is 8.68. The van der Waals surface area contributed by atoms with E-state index < -0.39 is 23.7 Å². The van der Waals surface area contributed by atoms with E-state index >= 15 is 0 Å². The molecule has 0 radical (unpaired) electrons. The third-order valence-electron chi connectivity index (χ3n) is 4.55. The average Bonchev–Trinajstić information content (AvgIpc) is 3.11. The van der Waals surface area contributed by atoms with Crippen molar-refractivity contribution in [2.45, 2.75) is 18.9 Å². The summed E-state index contributed by atoms with van der Waals surface area (Å²) in [7, 11) is 1.30. The Bertz CT molecular complexity index is 913. The van der Waals surface area contributed by atoms with E-state index in [0.29, 0.717) is 18.7 Å². The maximum atomic E-state index is 13.9. The predicted octanol–water partition coefficient (Wildman–Crippen LogP) is 2.52. The van der Waals surface area contributed by atoms with E-state index in [9.17, 15) is 23.9 Å². The van der Waals surface area contributed by atoms with Crippen molar-refractivity contribution in [3.05, 3.63) is 59.4 Å². The van der Waals surface area contributed by atoms with Crippen LogP contribution in [0.3, 0.4) is 0 Å². The first-order chi connectivity index (χ1) is 13.4. The zero-order valence-electron chi connectivity index (χ0n) is 15.1. The Hall–Kier alpha value is -3.42. The Morgan fingerprint density at radius 1 is 1.21 bits per heavy atom. The molecule has 2 N–H and O–H groups in total. The molecule has 1 unspecified atom stereocenters. The number of carboxylic acid groups (broad SMARTS) is 1. The Kier molecular flexibility index (Phi) is 5.58. The molecule has 0 saturated carbocycles. The Labute approximate surface area is 160 Å². The number of halogens is 1. The van der Waals surface area contributed by atoms with Crippen LogP contribution in [0.25, 0.3) is 0 Å². The lowest BCUT2D eigenvalue weighted by molar-refractivity contribution is -0.139. The highest BCUT2D eigenvalue weighted by molar-refractivity contribution is 5.98. The number of carbonyl (C=O) groups is 3. The third kappa shape index (κ3) is 3.95. The van der Waals surface area contributed by atoms with E-state index in [1.165, 1.54) is 31.4 Å². The molecule has 2 aromatic rings. The molecule has 1 heterocycles. The van der Waals surface area contributed by atoms with Crippen LogP contribution in [0.2, 0.25) is 0 Å². The number of hydrogen-bond acceptors (Lipinski definition) is 4. The van der Waals surface area contributed by atoms with Gasteiger partial charge in [-0.1, -0.05) is 6.07 Å². The van der Waals surface area contributed by atoms with Crippen LogP contribution in [0.5, 0.6) is 5.75 Å². The normalized spacial score (nSPS) is 14.6. The molecular formula is C20H19FN2O5. The van der Waals surface area contributed by atoms with E-state index in [0.717, 1.165) is 12.5 Å². The van der Waals surface area contributed by atoms with Gasteiger partial charge in [-0.15, -0.1) is 0 Å². The van der Waals surface area contributed by atoms with Gasteiger partial charge < -0.3 is 20.1 Å². The topological polar surface area (TPSA) is 95.9 Å². The fraction of sp³-hybridized carbons (Fsp3) is 0.250. The molecular weight excluding hydrogens is 367 g/mol. The van der Waals surface area contributed by atoms with Crippen molar-refractivity contribution in [2.75, 3.05) is 18.6 Å². The van der Waals surface area contributed by atoms with Gasteiger partial charge in [0.1, 0.15) is 0 Å². The minimum Gasteiger partial charge on any atom is -0.494 e. The summed E-state index contributed by atoms with van der Waals surface area (Å²) in [4.78, 5) is 37.5. The summed E-state index contributed by atoms with van der Waals surface area (Å²) in [6, 6.07) is 8.58. The molecule has 28 heavy (non-hydrogen) atoms. The van der Waals surface area contributed by atoms with Crippen LogP contribution in [0.15, 0.2) is 42.5 Å². The first kappa shape index (κ1) is 19.3. The molecule has 2 amide bonds. The van der Waals surface area contributed by atoms with Gasteiger partial charge in [-0.05, 0) is 48.4 Å². The molecule has 0 spiro atoms. The summed E-state index contributed by atoms with van der Waals surface area (Å²) in [6.07, 6.45) is 1.29.